The lowest BCUT2D eigenvalue weighted by Crippen LogP contribution is -2.29. The molecule has 27 nitrogen and oxygen atoms in total. The number of aldehydes is 1. The number of carboxylic acid groups (broad SMARTS) is 1. The van der Waals surface area contributed by atoms with Crippen molar-refractivity contribution in [2.24, 2.45) is 41.4 Å². The molecule has 10 N–H and O–H groups in total. The van der Waals surface area contributed by atoms with Gasteiger partial charge in [-0.15, -0.1) is 24.8 Å². The molecule has 7 heterocycles. The van der Waals surface area contributed by atoms with Crippen molar-refractivity contribution in [2.75, 3.05) is 81.2 Å². The van der Waals surface area contributed by atoms with Crippen molar-refractivity contribution < 1.29 is 57.7 Å². The second-order valence-electron chi connectivity index (χ2n) is 29.7. The fourth-order valence-electron chi connectivity index (χ4n) is 13.8. The monoisotopic (exact) mass is 1670 g/mol. The van der Waals surface area contributed by atoms with Crippen LogP contribution < -0.4 is 26.1 Å². The Morgan fingerprint density at radius 3 is 1.28 bits per heavy atom. The quantitative estimate of drug-likeness (QED) is 0.00646. The minimum atomic E-state index is -0.693. The summed E-state index contributed by atoms with van der Waals surface area (Å²) in [6.45, 7) is 24.1. The molecule has 4 aromatic rings. The first kappa shape index (κ1) is 112. The lowest BCUT2D eigenvalue weighted by Gasteiger charge is -2.19. The van der Waals surface area contributed by atoms with Gasteiger partial charge in [-0.05, 0) is 170 Å². The average molecular weight is 1670 g/mol. The van der Waals surface area contributed by atoms with Gasteiger partial charge in [0, 0.05) is 121 Å². The third-order valence-corrected chi connectivity index (χ3v) is 20.6. The van der Waals surface area contributed by atoms with Crippen LogP contribution in [0.1, 0.15) is 301 Å². The molecule has 658 valence electrons. The van der Waals surface area contributed by atoms with Gasteiger partial charge in [-0.2, -0.15) is 0 Å². The number of imidazole rings is 4. The smallest absolute Gasteiger partial charge is 0.305 e. The summed E-state index contributed by atoms with van der Waals surface area (Å²) in [7, 11) is 8.20. The number of aromatic nitrogens is 8. The molecular weight excluding hydrogens is 1520 g/mol. The van der Waals surface area contributed by atoms with Gasteiger partial charge in [0.25, 0.3) is 0 Å². The summed E-state index contributed by atoms with van der Waals surface area (Å²) in [5.41, 5.74) is 3.71. The molecule has 7 unspecified atom stereocenters. The molecule has 4 aromatic heterocycles. The molecular formula is C84H154Cl3N15O12. The van der Waals surface area contributed by atoms with Crippen molar-refractivity contribution >= 4 is 84.5 Å². The SMILES string of the molecule is CCCC(CCNC)CCC(=O)OC.CCCC(CCNCc1cnc[nH]1)CCC(=O)O.CCCC(CCNCc1cnc[nH]1)CCC(=O)OC.CCCC(CCNCl)CCC(=O)OC.CCCC1CCC(=O)N(C)CC1.CCCC1CCC(=O)N(Cc2cnc[nH]2)CC1.CCCC1CCNC(=O)CC1.Cl.Cl.O=Cc1cnc[nH]1. The van der Waals surface area contributed by atoms with Crippen molar-refractivity contribution in [3.05, 3.63) is 72.9 Å². The average Bonchev–Trinajstić information content (AvgIpc) is 1.74. The molecule has 3 aliphatic heterocycles. The zero-order chi connectivity index (χ0) is 83.0. The van der Waals surface area contributed by atoms with Crippen LogP contribution in [0, 0.1) is 41.4 Å². The molecule has 0 radical (unpaired) electrons. The van der Waals surface area contributed by atoms with E-state index in [9.17, 15) is 38.4 Å². The number of carboxylic acids is 1. The molecule has 3 amide bonds. The highest BCUT2D eigenvalue weighted by Gasteiger charge is 2.24. The van der Waals surface area contributed by atoms with E-state index >= 15 is 0 Å². The number of hydrogen-bond donors (Lipinski definition) is 10. The number of likely N-dealkylation sites (tertiary alicyclic amines) is 2. The van der Waals surface area contributed by atoms with Crippen LogP contribution in [0.3, 0.4) is 0 Å². The Balaban J connectivity index is -0.00000125. The van der Waals surface area contributed by atoms with E-state index in [0.717, 1.165) is 216 Å². The number of esters is 3. The second kappa shape index (κ2) is 77.7. The lowest BCUT2D eigenvalue weighted by atomic mass is 9.94. The van der Waals surface area contributed by atoms with E-state index in [0.29, 0.717) is 79.7 Å². The van der Waals surface area contributed by atoms with Crippen LogP contribution in [-0.4, -0.2) is 184 Å². The molecule has 114 heavy (non-hydrogen) atoms. The zero-order valence-electron chi connectivity index (χ0n) is 71.9. The number of amides is 3. The van der Waals surface area contributed by atoms with Gasteiger partial charge < -0.3 is 70.3 Å². The van der Waals surface area contributed by atoms with Gasteiger partial charge in [-0.1, -0.05) is 138 Å². The number of rotatable bonds is 45. The Hall–Kier alpha value is -6.49. The van der Waals surface area contributed by atoms with Gasteiger partial charge in [0.05, 0.1) is 70.8 Å². The van der Waals surface area contributed by atoms with Crippen LogP contribution in [0.5, 0.6) is 0 Å². The van der Waals surface area contributed by atoms with E-state index in [1.165, 1.54) is 104 Å². The van der Waals surface area contributed by atoms with Gasteiger partial charge in [0.15, 0.2) is 6.29 Å². The van der Waals surface area contributed by atoms with Gasteiger partial charge in [0.1, 0.15) is 0 Å². The first-order valence-corrected chi connectivity index (χ1v) is 42.6. The Morgan fingerprint density at radius 2 is 0.904 bits per heavy atom. The lowest BCUT2D eigenvalue weighted by molar-refractivity contribution is -0.141. The molecule has 7 rings (SSSR count). The van der Waals surface area contributed by atoms with E-state index in [1.807, 2.05) is 30.1 Å². The van der Waals surface area contributed by atoms with Crippen LogP contribution in [0.4, 0.5) is 0 Å². The molecule has 30 heteroatoms. The number of aliphatic carboxylic acids is 1. The highest BCUT2D eigenvalue weighted by atomic mass is 35.5. The summed E-state index contributed by atoms with van der Waals surface area (Å²) in [5, 5.41) is 21.5. The number of methoxy groups -OCH3 is 3. The Labute approximate surface area is 702 Å². The van der Waals surface area contributed by atoms with Gasteiger partial charge >= 0.3 is 23.9 Å². The molecule has 3 aliphatic rings. The number of halogens is 3. The second-order valence-corrected chi connectivity index (χ2v) is 29.9. The molecule has 0 saturated carbocycles. The highest BCUT2D eigenvalue weighted by Crippen LogP contribution is 2.26. The molecule has 3 saturated heterocycles. The predicted octanol–water partition coefficient (Wildman–Crippen LogP) is 16.0. The molecule has 0 aromatic carbocycles. The molecule has 0 aliphatic carbocycles. The first-order valence-electron chi connectivity index (χ1n) is 42.2. The van der Waals surface area contributed by atoms with E-state index in [1.54, 1.807) is 31.4 Å². The van der Waals surface area contributed by atoms with Crippen LogP contribution in [0.25, 0.3) is 0 Å². The minimum absolute atomic E-state index is 0. The van der Waals surface area contributed by atoms with Crippen molar-refractivity contribution in [1.82, 2.24) is 75.8 Å². The predicted molar refractivity (Wildman–Crippen MR) is 461 cm³/mol. The summed E-state index contributed by atoms with van der Waals surface area (Å²) in [4.78, 5) is 121. The maximum Gasteiger partial charge on any atom is 0.305 e. The largest absolute Gasteiger partial charge is 0.481 e. The van der Waals surface area contributed by atoms with Gasteiger partial charge in [-0.25, -0.2) is 24.8 Å². The fraction of sp³-hybridized carbons (Fsp3) is 0.762. The first-order chi connectivity index (χ1) is 54.2. The van der Waals surface area contributed by atoms with E-state index in [4.69, 9.17) is 16.9 Å². The van der Waals surface area contributed by atoms with Crippen LogP contribution >= 0.6 is 36.6 Å². The number of nitrogens with zero attached hydrogens (tertiary/aromatic N) is 6. The van der Waals surface area contributed by atoms with Crippen molar-refractivity contribution in [2.45, 2.75) is 293 Å². The number of nitrogens with one attached hydrogen (secondary N) is 9. The van der Waals surface area contributed by atoms with Crippen molar-refractivity contribution in [3.63, 3.8) is 0 Å². The van der Waals surface area contributed by atoms with Crippen LogP contribution in [-0.2, 0) is 67.4 Å². The van der Waals surface area contributed by atoms with E-state index in [2.05, 4.69) is 129 Å². The number of carbonyl (C=O) groups is 8. The fourth-order valence-corrected chi connectivity index (χ4v) is 13.9. The molecule has 3 fully saturated rings. The Bertz CT molecular complexity index is 2840. The number of hydrogen-bond acceptors (Lipinski definition) is 19. The minimum Gasteiger partial charge on any atom is -0.481 e. The highest BCUT2D eigenvalue weighted by molar-refractivity contribution is 6.13. The molecule has 7 atom stereocenters. The summed E-state index contributed by atoms with van der Waals surface area (Å²) in [6, 6.07) is 0. The number of aromatic amines is 4. The van der Waals surface area contributed by atoms with Gasteiger partial charge in [-0.3, -0.25) is 38.4 Å². The summed E-state index contributed by atoms with van der Waals surface area (Å²) in [6.07, 6.45) is 49.7. The molecule has 0 bridgehead atoms. The Morgan fingerprint density at radius 1 is 0.509 bits per heavy atom. The third kappa shape index (κ3) is 62.8. The van der Waals surface area contributed by atoms with Crippen molar-refractivity contribution in [3.8, 4) is 0 Å². The topological polar surface area (TPSA) is 366 Å². The summed E-state index contributed by atoms with van der Waals surface area (Å²) in [5.74, 6) is 4.51. The maximum absolute atomic E-state index is 12.0. The van der Waals surface area contributed by atoms with E-state index < -0.39 is 5.97 Å². The standard InChI is InChI=1S/C14H25N3O2.C13H23N3O2.C13H21N3O.C11H23NO2.C10H20ClNO2.C10H19NO.C9H17NO.C4H4N2O.2ClH/c1-3-4-12(5-6-14(18)19-2)7-8-15-9-13-10-16-11-17-13;1-2-3-11(4-5-13(17)18)6-7-14-8-12-9-15-10-16-12;1-2-3-11-4-5-13(17)16(7-6-11)9-12-8-14-10-15-12;1-4-5-10(8-9-12-2)6-7-11(13)14-3;1-3-4-9(7-8-12-11)5-6-10(13)14-2;1-3-4-9-5-6-10(12)11(2)8-7-9;1-2-3-8-4-5-9(11)10-7-6-8;7-2-4-1-5-3-6-4;;/h10-12,15H,3-9H2,1-2H3,(H,16,17);9-11,14H,2-8H2,1H3,(H,15,16)(H,17,18);8,10-11H,2-7,9H2,1H3,(H,14,15);10,12H,4-9H2,1-3H3;9,12H,3-8H2,1-2H3;9H,3-8H2,1-2H3;8H,2-7H2,1H3,(H,10,11);1-3H,(H,5,6);2*1H. The number of carbonyl (C=O) groups excluding carboxylic acids is 7. The van der Waals surface area contributed by atoms with E-state index in [-0.39, 0.29) is 55.0 Å². The van der Waals surface area contributed by atoms with Crippen LogP contribution in [0.2, 0.25) is 0 Å². The van der Waals surface area contributed by atoms with Gasteiger partial charge in [0.2, 0.25) is 17.7 Å². The number of H-pyrrole nitrogens is 4. The zero-order valence-corrected chi connectivity index (χ0v) is 74.3. The Kier molecular flexibility index (Phi) is 76.1. The molecule has 0 spiro atoms. The maximum atomic E-state index is 12.0. The number of ether oxygens (including phenoxy) is 3. The summed E-state index contributed by atoms with van der Waals surface area (Å²) >= 11 is 5.39. The normalized spacial score (nSPS) is 16.0. The summed E-state index contributed by atoms with van der Waals surface area (Å²) < 4.78 is 13.9. The van der Waals surface area contributed by atoms with Crippen molar-refractivity contribution in [1.29, 1.82) is 0 Å². The third-order valence-electron chi connectivity index (χ3n) is 20.5. The van der Waals surface area contributed by atoms with Crippen LogP contribution in [0.15, 0.2) is 50.1 Å².